The molecule has 166 valence electrons. The van der Waals surface area contributed by atoms with E-state index in [4.69, 9.17) is 0 Å². The average molecular weight is 411 g/mol. The summed E-state index contributed by atoms with van der Waals surface area (Å²) in [6.45, 7) is 6.44. The molecule has 2 N–H and O–H groups in total. The fourth-order valence-electron chi connectivity index (χ4n) is 4.63. The first-order valence-corrected chi connectivity index (χ1v) is 12.1. The number of phenols is 2. The van der Waals surface area contributed by atoms with E-state index >= 15 is 0 Å². The molecule has 0 bridgehead atoms. The Bertz CT molecular complexity index is 748. The molecule has 0 aliphatic carbocycles. The Labute approximate surface area is 184 Å². The van der Waals surface area contributed by atoms with E-state index in [0.29, 0.717) is 5.75 Å². The number of benzene rings is 2. The third-order valence-electron chi connectivity index (χ3n) is 6.38. The molecule has 0 saturated carbocycles. The molecule has 0 spiro atoms. The third-order valence-corrected chi connectivity index (χ3v) is 6.38. The summed E-state index contributed by atoms with van der Waals surface area (Å²) in [5.41, 5.74) is 2.54. The molecule has 2 rings (SSSR count). The number of aryl methyl sites for hydroxylation is 1. The molecule has 0 saturated heterocycles. The fraction of sp³-hybridized carbons (Fsp3) is 0.571. The summed E-state index contributed by atoms with van der Waals surface area (Å²) in [6, 6.07) is 13.3. The van der Waals surface area contributed by atoms with Gasteiger partial charge in [-0.3, -0.25) is 0 Å². The number of phenolic OH excluding ortho intramolecular Hbond substituents is 2. The highest BCUT2D eigenvalue weighted by atomic mass is 16.3. The van der Waals surface area contributed by atoms with Gasteiger partial charge < -0.3 is 10.2 Å². The molecule has 2 nitrogen and oxygen atoms in total. The molecule has 0 aliphatic rings. The molecule has 2 heteroatoms. The quantitative estimate of drug-likeness (QED) is 0.308. The van der Waals surface area contributed by atoms with E-state index < -0.39 is 5.41 Å². The average Bonchev–Trinajstić information content (AvgIpc) is 2.72. The van der Waals surface area contributed by atoms with Gasteiger partial charge in [-0.25, -0.2) is 0 Å². The van der Waals surface area contributed by atoms with Gasteiger partial charge in [0.2, 0.25) is 0 Å². The van der Waals surface area contributed by atoms with Crippen LogP contribution in [-0.2, 0) is 11.8 Å². The lowest BCUT2D eigenvalue weighted by molar-refractivity contribution is 0.433. The molecule has 0 radical (unpaired) electrons. The maximum Gasteiger partial charge on any atom is 0.119 e. The van der Waals surface area contributed by atoms with Crippen LogP contribution in [0.1, 0.15) is 108 Å². The van der Waals surface area contributed by atoms with Gasteiger partial charge >= 0.3 is 0 Å². The first kappa shape index (κ1) is 24.3. The summed E-state index contributed by atoms with van der Waals surface area (Å²) in [7, 11) is 0. The van der Waals surface area contributed by atoms with Crippen LogP contribution in [0, 0.1) is 0 Å². The van der Waals surface area contributed by atoms with Crippen molar-refractivity contribution >= 4 is 0 Å². The van der Waals surface area contributed by atoms with Gasteiger partial charge in [-0.15, -0.1) is 0 Å². The van der Waals surface area contributed by atoms with Crippen LogP contribution in [0.4, 0.5) is 0 Å². The van der Waals surface area contributed by atoms with Crippen LogP contribution >= 0.6 is 0 Å². The summed E-state index contributed by atoms with van der Waals surface area (Å²) < 4.78 is 0. The van der Waals surface area contributed by atoms with Gasteiger partial charge in [0.25, 0.3) is 0 Å². The summed E-state index contributed by atoms with van der Waals surface area (Å²) in [6.07, 6.45) is 15.6. The predicted molar refractivity (Wildman–Crippen MR) is 129 cm³/mol. The second-order valence-corrected chi connectivity index (χ2v) is 9.24. The maximum atomic E-state index is 10.7. The minimum Gasteiger partial charge on any atom is -0.508 e. The zero-order chi connectivity index (χ0) is 21.8. The van der Waals surface area contributed by atoms with Gasteiger partial charge in [0.1, 0.15) is 11.5 Å². The first-order valence-electron chi connectivity index (χ1n) is 12.1. The van der Waals surface area contributed by atoms with Crippen LogP contribution < -0.4 is 0 Å². The van der Waals surface area contributed by atoms with E-state index in [1.54, 1.807) is 12.1 Å². The number of rotatable bonds is 14. The molecule has 30 heavy (non-hydrogen) atoms. The van der Waals surface area contributed by atoms with Crippen molar-refractivity contribution < 1.29 is 10.2 Å². The predicted octanol–water partition coefficient (Wildman–Crippen LogP) is 8.28. The fourth-order valence-corrected chi connectivity index (χ4v) is 4.63. The highest BCUT2D eigenvalue weighted by Crippen LogP contribution is 2.42. The lowest BCUT2D eigenvalue weighted by atomic mass is 9.74. The van der Waals surface area contributed by atoms with Crippen molar-refractivity contribution in [3.8, 4) is 11.5 Å². The molecular weight excluding hydrogens is 368 g/mol. The molecule has 2 aromatic carbocycles. The zero-order valence-electron chi connectivity index (χ0n) is 19.4. The molecular formula is C28H42O2. The number of para-hydroxylation sites is 1. The molecule has 0 unspecified atom stereocenters. The molecule has 2 aromatic rings. The lowest BCUT2D eigenvalue weighted by Crippen LogP contribution is -2.21. The Hall–Kier alpha value is -1.96. The number of unbranched alkanes of at least 4 members (excludes halogenated alkanes) is 10. The van der Waals surface area contributed by atoms with Crippen LogP contribution in [-0.4, -0.2) is 10.2 Å². The minimum absolute atomic E-state index is 0.284. The molecule has 0 heterocycles. The van der Waals surface area contributed by atoms with Crippen molar-refractivity contribution in [2.24, 2.45) is 0 Å². The topological polar surface area (TPSA) is 40.5 Å². The van der Waals surface area contributed by atoms with Crippen molar-refractivity contribution in [1.29, 1.82) is 0 Å². The van der Waals surface area contributed by atoms with Crippen molar-refractivity contribution in [2.75, 3.05) is 0 Å². The van der Waals surface area contributed by atoms with Crippen molar-refractivity contribution in [1.82, 2.24) is 0 Å². The largest absolute Gasteiger partial charge is 0.508 e. The van der Waals surface area contributed by atoms with Gasteiger partial charge in [0.05, 0.1) is 0 Å². The number of hydrogen-bond donors (Lipinski definition) is 2. The standard InChI is InChI=1S/C28H42O2/c1-4-5-6-7-8-9-10-11-12-13-14-18-23-19-17-22-26(30)27(23)28(2,3)24-20-15-16-21-25(24)29/h15-17,19-22,29-30H,4-14,18H2,1-3H3. The van der Waals surface area contributed by atoms with Crippen molar-refractivity contribution in [3.63, 3.8) is 0 Å². The second kappa shape index (κ2) is 12.7. The van der Waals surface area contributed by atoms with Gasteiger partial charge in [0, 0.05) is 16.5 Å². The van der Waals surface area contributed by atoms with E-state index in [0.717, 1.165) is 24.0 Å². The highest BCUT2D eigenvalue weighted by Gasteiger charge is 2.30. The zero-order valence-corrected chi connectivity index (χ0v) is 19.4. The smallest absolute Gasteiger partial charge is 0.119 e. The Morgan fingerprint density at radius 2 is 1.17 bits per heavy atom. The molecule has 0 atom stereocenters. The monoisotopic (exact) mass is 410 g/mol. The van der Waals surface area contributed by atoms with Crippen LogP contribution in [0.15, 0.2) is 42.5 Å². The summed E-state index contributed by atoms with van der Waals surface area (Å²) in [5.74, 6) is 0.607. The summed E-state index contributed by atoms with van der Waals surface area (Å²) in [5, 5.41) is 21.1. The van der Waals surface area contributed by atoms with Crippen LogP contribution in [0.5, 0.6) is 11.5 Å². The van der Waals surface area contributed by atoms with Gasteiger partial charge in [-0.1, -0.05) is 115 Å². The highest BCUT2D eigenvalue weighted by molar-refractivity contribution is 5.53. The van der Waals surface area contributed by atoms with E-state index in [9.17, 15) is 10.2 Å². The normalized spacial score (nSPS) is 11.7. The second-order valence-electron chi connectivity index (χ2n) is 9.24. The van der Waals surface area contributed by atoms with Crippen LogP contribution in [0.25, 0.3) is 0 Å². The molecule has 0 amide bonds. The molecule has 0 aliphatic heterocycles. The Kier molecular flexibility index (Phi) is 10.3. The van der Waals surface area contributed by atoms with Gasteiger partial charge in [-0.05, 0) is 30.5 Å². The Balaban J connectivity index is 1.85. The SMILES string of the molecule is CCCCCCCCCCCCCc1cccc(O)c1C(C)(C)c1ccccc1O. The van der Waals surface area contributed by atoms with Crippen LogP contribution in [0.3, 0.4) is 0 Å². The molecule has 0 aromatic heterocycles. The van der Waals surface area contributed by atoms with E-state index in [-0.39, 0.29) is 5.75 Å². The van der Waals surface area contributed by atoms with Crippen molar-refractivity contribution in [3.05, 3.63) is 59.2 Å². The third kappa shape index (κ3) is 7.07. The van der Waals surface area contributed by atoms with E-state index in [1.807, 2.05) is 24.3 Å². The summed E-state index contributed by atoms with van der Waals surface area (Å²) in [4.78, 5) is 0. The number of aromatic hydroxyl groups is 2. The minimum atomic E-state index is -0.455. The number of hydrogen-bond acceptors (Lipinski definition) is 2. The Morgan fingerprint density at radius 3 is 1.77 bits per heavy atom. The van der Waals surface area contributed by atoms with Crippen LogP contribution in [0.2, 0.25) is 0 Å². The molecule has 0 fully saturated rings. The van der Waals surface area contributed by atoms with Gasteiger partial charge in [0.15, 0.2) is 0 Å². The van der Waals surface area contributed by atoms with Gasteiger partial charge in [-0.2, -0.15) is 0 Å². The van der Waals surface area contributed by atoms with Crippen molar-refractivity contribution in [2.45, 2.75) is 103 Å². The Morgan fingerprint density at radius 1 is 0.633 bits per heavy atom. The van der Waals surface area contributed by atoms with E-state index in [2.05, 4.69) is 26.8 Å². The maximum absolute atomic E-state index is 10.7. The lowest BCUT2D eigenvalue weighted by Gasteiger charge is -2.30. The summed E-state index contributed by atoms with van der Waals surface area (Å²) >= 11 is 0. The first-order chi connectivity index (χ1) is 14.5. The van der Waals surface area contributed by atoms with E-state index in [1.165, 1.54) is 69.8 Å².